The van der Waals surface area contributed by atoms with E-state index in [1.165, 1.54) is 32.1 Å². The van der Waals surface area contributed by atoms with E-state index in [4.69, 9.17) is 23.7 Å². The van der Waals surface area contributed by atoms with Gasteiger partial charge in [-0.2, -0.15) is 0 Å². The molecule has 0 saturated heterocycles. The van der Waals surface area contributed by atoms with Crippen molar-refractivity contribution in [3.63, 3.8) is 0 Å². The number of unbranched alkanes of at least 4 members (excludes halogenated alkanes) is 5. The summed E-state index contributed by atoms with van der Waals surface area (Å²) in [5.74, 6) is 0. The summed E-state index contributed by atoms with van der Waals surface area (Å²) in [6.07, 6.45) is 7.50. The van der Waals surface area contributed by atoms with Crippen LogP contribution in [0, 0.1) is 0 Å². The van der Waals surface area contributed by atoms with E-state index in [-0.39, 0.29) is 0 Å². The molecule has 12 heavy (non-hydrogen) atoms. The molecule has 0 radical (unpaired) electrons. The molecule has 0 aromatic rings. The Kier molecular flexibility index (Phi) is 23.7. The zero-order chi connectivity index (χ0) is 9.66. The van der Waals surface area contributed by atoms with Crippen LogP contribution in [0.2, 0.25) is 0 Å². The normalized spacial score (nSPS) is 8.67. The summed E-state index contributed by atoms with van der Waals surface area (Å²) in [6.45, 7) is 2.58. The van der Waals surface area contributed by atoms with Crippen molar-refractivity contribution in [1.82, 2.24) is 0 Å². The van der Waals surface area contributed by atoms with Gasteiger partial charge in [0, 0.05) is 6.61 Å². The fraction of sp³-hybridized carbons (Fsp3) is 1.00. The first kappa shape index (κ1) is 15.7. The molecule has 0 amide bonds. The molecule has 0 spiro atoms. The Bertz CT molecular complexity index is 59.0. The Balaban J connectivity index is 0. The number of halogens is 2. The number of hydrogen-bond donors (Lipinski definition) is 1. The first-order valence-corrected chi connectivity index (χ1v) is 8.70. The molecule has 0 unspecified atom stereocenters. The molecule has 4 heteroatoms. The van der Waals surface area contributed by atoms with Crippen molar-refractivity contribution in [1.29, 1.82) is 0 Å². The van der Waals surface area contributed by atoms with Gasteiger partial charge in [-0.15, -0.1) is 0 Å². The van der Waals surface area contributed by atoms with E-state index in [0.717, 1.165) is 6.42 Å². The summed E-state index contributed by atoms with van der Waals surface area (Å²) < 4.78 is 0. The first-order valence-electron chi connectivity index (χ1n) is 4.40. The first-order chi connectivity index (χ1) is 5.83. The maximum absolute atomic E-state index is 8.42. The van der Waals surface area contributed by atoms with Gasteiger partial charge in [-0.3, -0.25) is 0 Å². The summed E-state index contributed by atoms with van der Waals surface area (Å²) in [7, 11) is 9.78. The van der Waals surface area contributed by atoms with Crippen LogP contribution in [0.15, 0.2) is 0 Å². The Morgan fingerprint density at radius 2 is 1.42 bits per heavy atom. The third-order valence-electron chi connectivity index (χ3n) is 1.51. The summed E-state index contributed by atoms with van der Waals surface area (Å²) in [5, 5.41) is 8.42. The molecule has 0 aromatic carbocycles. The predicted octanol–water partition coefficient (Wildman–Crippen LogP) is 3.72. The summed E-state index contributed by atoms with van der Waals surface area (Å²) in [4.78, 5) is 0. The van der Waals surface area contributed by atoms with Crippen LogP contribution in [-0.2, 0) is 17.0 Å². The van der Waals surface area contributed by atoms with Crippen LogP contribution >= 0.6 is 18.6 Å². The van der Waals surface area contributed by atoms with E-state index in [1.54, 1.807) is 0 Å². The van der Waals surface area contributed by atoms with Gasteiger partial charge in [0.15, 0.2) is 0 Å². The fourth-order valence-electron chi connectivity index (χ4n) is 0.892. The molecule has 1 N–H and O–H groups in total. The molecule has 1 nitrogen and oxygen atoms in total. The van der Waals surface area contributed by atoms with E-state index in [0.29, 0.717) is 6.61 Å². The molecule has 0 heterocycles. The second-order valence-corrected chi connectivity index (χ2v) is 5.14. The number of hydrogen-bond acceptors (Lipinski definition) is 1. The van der Waals surface area contributed by atoms with Crippen molar-refractivity contribution < 1.29 is 22.1 Å². The predicted molar refractivity (Wildman–Crippen MR) is 52.2 cm³/mol. The Morgan fingerprint density at radius 1 is 1.00 bits per heavy atom. The molecule has 0 bridgehead atoms. The monoisotopic (exact) mass is 248 g/mol. The van der Waals surface area contributed by atoms with Gasteiger partial charge in [0.2, 0.25) is 0 Å². The van der Waals surface area contributed by atoms with Gasteiger partial charge in [-0.05, 0) is 6.42 Å². The van der Waals surface area contributed by atoms with E-state index < -0.39 is 17.0 Å². The molecule has 0 aromatic heterocycles. The van der Waals surface area contributed by atoms with Crippen LogP contribution in [0.1, 0.15) is 45.4 Å². The van der Waals surface area contributed by atoms with Gasteiger partial charge in [-0.1, -0.05) is 39.0 Å². The van der Waals surface area contributed by atoms with Crippen molar-refractivity contribution in [3.8, 4) is 0 Å². The van der Waals surface area contributed by atoms with Crippen LogP contribution in [-0.4, -0.2) is 11.7 Å². The van der Waals surface area contributed by atoms with Gasteiger partial charge < -0.3 is 5.11 Å². The van der Waals surface area contributed by atoms with Crippen LogP contribution in [0.5, 0.6) is 0 Å². The molecule has 0 aliphatic rings. The van der Waals surface area contributed by atoms with Gasteiger partial charge in [-0.25, -0.2) is 0 Å². The van der Waals surface area contributed by atoms with Crippen LogP contribution < -0.4 is 0 Å². The van der Waals surface area contributed by atoms with Crippen molar-refractivity contribution in [3.05, 3.63) is 0 Å². The SMILES string of the molecule is CCCCCCCCO.[Cl][Ti][Cl]. The second-order valence-electron chi connectivity index (χ2n) is 2.56. The average Bonchev–Trinajstić information content (AvgIpc) is 2.06. The molecule has 0 fully saturated rings. The Labute approximate surface area is 92.5 Å². The summed E-state index contributed by atoms with van der Waals surface area (Å²) >= 11 is -0.556. The van der Waals surface area contributed by atoms with Gasteiger partial charge in [0.05, 0.1) is 0 Å². The molecule has 0 aliphatic heterocycles. The fourth-order valence-corrected chi connectivity index (χ4v) is 0.892. The van der Waals surface area contributed by atoms with E-state index in [1.807, 2.05) is 0 Å². The maximum atomic E-state index is 8.42. The number of aliphatic hydroxyl groups excluding tert-OH is 1. The number of rotatable bonds is 6. The third kappa shape index (κ3) is 22.5. The van der Waals surface area contributed by atoms with Crippen LogP contribution in [0.25, 0.3) is 0 Å². The van der Waals surface area contributed by atoms with Gasteiger partial charge in [0.1, 0.15) is 0 Å². The Morgan fingerprint density at radius 3 is 1.83 bits per heavy atom. The zero-order valence-electron chi connectivity index (χ0n) is 7.65. The standard InChI is InChI=1S/C8H18O.2ClH.Ti/c1-2-3-4-5-6-7-8-9;;;/h9H,2-8H2,1H3;2*1H;/q;;;+2/p-2. The summed E-state index contributed by atoms with van der Waals surface area (Å²) in [5.41, 5.74) is 0. The van der Waals surface area contributed by atoms with Crippen LogP contribution in [0.3, 0.4) is 0 Å². The molecule has 0 rings (SSSR count). The van der Waals surface area contributed by atoms with E-state index in [2.05, 4.69) is 6.92 Å². The van der Waals surface area contributed by atoms with Crippen molar-refractivity contribution >= 4 is 18.6 Å². The molecule has 0 aliphatic carbocycles. The molecular formula is C8H18Cl2OTi. The number of aliphatic hydroxyl groups is 1. The van der Waals surface area contributed by atoms with Crippen molar-refractivity contribution in [2.75, 3.05) is 6.61 Å². The Hall–Kier alpha value is 1.25. The third-order valence-corrected chi connectivity index (χ3v) is 1.51. The molecular weight excluding hydrogens is 231 g/mol. The minimum absolute atomic E-state index is 0.367. The molecule has 74 valence electrons. The topological polar surface area (TPSA) is 20.2 Å². The quantitative estimate of drug-likeness (QED) is 0.561. The average molecular weight is 249 g/mol. The van der Waals surface area contributed by atoms with E-state index in [9.17, 15) is 0 Å². The zero-order valence-corrected chi connectivity index (χ0v) is 10.7. The second kappa shape index (κ2) is 18.1. The van der Waals surface area contributed by atoms with Crippen molar-refractivity contribution in [2.24, 2.45) is 0 Å². The van der Waals surface area contributed by atoms with Crippen molar-refractivity contribution in [2.45, 2.75) is 45.4 Å². The molecule has 0 atom stereocenters. The van der Waals surface area contributed by atoms with Crippen LogP contribution in [0.4, 0.5) is 0 Å². The van der Waals surface area contributed by atoms with Gasteiger partial charge in [0.25, 0.3) is 0 Å². The summed E-state index contributed by atoms with van der Waals surface area (Å²) in [6, 6.07) is 0. The molecule has 0 saturated carbocycles. The van der Waals surface area contributed by atoms with E-state index >= 15 is 0 Å². The van der Waals surface area contributed by atoms with Gasteiger partial charge >= 0.3 is 35.6 Å². The minimum atomic E-state index is -0.556.